The Morgan fingerprint density at radius 3 is 2.86 bits per heavy atom. The Kier molecular flexibility index (Phi) is 4.21. The van der Waals surface area contributed by atoms with Crippen molar-refractivity contribution < 1.29 is 4.79 Å². The van der Waals surface area contributed by atoms with Crippen molar-refractivity contribution in [2.75, 3.05) is 5.32 Å². The van der Waals surface area contributed by atoms with E-state index in [0.29, 0.717) is 17.3 Å². The van der Waals surface area contributed by atoms with Gasteiger partial charge in [0.2, 0.25) is 0 Å². The first-order chi connectivity index (χ1) is 10.7. The molecule has 5 heteroatoms. The molecule has 0 bridgehead atoms. The minimum absolute atomic E-state index is 0.221. The van der Waals surface area contributed by atoms with Crippen molar-refractivity contribution in [2.24, 2.45) is 0 Å². The molecule has 0 saturated carbocycles. The zero-order valence-electron chi connectivity index (χ0n) is 11.7. The highest BCUT2D eigenvalue weighted by Crippen LogP contribution is 2.14. The van der Waals surface area contributed by atoms with Crippen LogP contribution in [-0.2, 0) is 6.54 Å². The highest BCUT2D eigenvalue weighted by atomic mass is 35.5. The van der Waals surface area contributed by atoms with Crippen molar-refractivity contribution in [2.45, 2.75) is 6.54 Å². The van der Waals surface area contributed by atoms with Crippen LogP contribution >= 0.6 is 11.6 Å². The highest BCUT2D eigenvalue weighted by Gasteiger charge is 2.07. The number of hydrogen-bond acceptors (Lipinski definition) is 2. The van der Waals surface area contributed by atoms with Crippen molar-refractivity contribution in [3.05, 3.63) is 83.4 Å². The van der Waals surface area contributed by atoms with Gasteiger partial charge < -0.3 is 9.88 Å². The molecule has 1 amide bonds. The van der Waals surface area contributed by atoms with Gasteiger partial charge in [0.05, 0.1) is 5.69 Å². The molecule has 0 spiro atoms. The third-order valence-electron chi connectivity index (χ3n) is 3.16. The summed E-state index contributed by atoms with van der Waals surface area (Å²) in [5, 5.41) is 3.54. The van der Waals surface area contributed by atoms with E-state index in [9.17, 15) is 4.79 Å². The molecule has 22 heavy (non-hydrogen) atoms. The van der Waals surface area contributed by atoms with Crippen LogP contribution in [0.2, 0.25) is 5.02 Å². The molecule has 0 aliphatic heterocycles. The molecular formula is C17H14ClN3O. The number of hydrogen-bond donors (Lipinski definition) is 1. The molecule has 1 N–H and O–H groups in total. The number of anilines is 1. The van der Waals surface area contributed by atoms with Crippen molar-refractivity contribution in [3.8, 4) is 0 Å². The van der Waals surface area contributed by atoms with E-state index in [1.165, 1.54) is 0 Å². The summed E-state index contributed by atoms with van der Waals surface area (Å²) in [5.41, 5.74) is 2.23. The number of amides is 1. The van der Waals surface area contributed by atoms with Gasteiger partial charge in [-0.1, -0.05) is 29.8 Å². The van der Waals surface area contributed by atoms with Crippen molar-refractivity contribution in [1.29, 1.82) is 0 Å². The van der Waals surface area contributed by atoms with Crippen LogP contribution in [0.3, 0.4) is 0 Å². The quantitative estimate of drug-likeness (QED) is 0.796. The number of nitrogens with one attached hydrogen (secondary N) is 1. The molecule has 0 aliphatic rings. The fraction of sp³-hybridized carbons (Fsp3) is 0.0588. The van der Waals surface area contributed by atoms with Crippen molar-refractivity contribution >= 4 is 23.2 Å². The van der Waals surface area contributed by atoms with Crippen LogP contribution in [-0.4, -0.2) is 15.5 Å². The highest BCUT2D eigenvalue weighted by molar-refractivity contribution is 6.30. The fourth-order valence-corrected chi connectivity index (χ4v) is 2.36. The summed E-state index contributed by atoms with van der Waals surface area (Å²) in [5.74, 6) is -0.221. The smallest absolute Gasteiger partial charge is 0.274 e. The lowest BCUT2D eigenvalue weighted by atomic mass is 10.2. The van der Waals surface area contributed by atoms with Gasteiger partial charge in [-0.25, -0.2) is 0 Å². The molecule has 110 valence electrons. The fourth-order valence-electron chi connectivity index (χ4n) is 2.15. The topological polar surface area (TPSA) is 46.9 Å². The summed E-state index contributed by atoms with van der Waals surface area (Å²) < 4.78 is 1.99. The molecule has 0 unspecified atom stereocenters. The first-order valence-electron chi connectivity index (χ1n) is 6.83. The van der Waals surface area contributed by atoms with Crippen LogP contribution in [0, 0.1) is 0 Å². The molecule has 0 radical (unpaired) electrons. The first kappa shape index (κ1) is 14.4. The number of aromatic nitrogens is 2. The Morgan fingerprint density at radius 1 is 1.18 bits per heavy atom. The van der Waals surface area contributed by atoms with Crippen LogP contribution in [0.25, 0.3) is 0 Å². The number of nitrogens with zero attached hydrogens (tertiary/aromatic N) is 2. The van der Waals surface area contributed by atoms with E-state index in [-0.39, 0.29) is 5.91 Å². The molecule has 4 nitrogen and oxygen atoms in total. The lowest BCUT2D eigenvalue weighted by molar-refractivity contribution is 0.102. The normalized spacial score (nSPS) is 10.4. The molecule has 1 aromatic carbocycles. The standard InChI is InChI=1S/C17H14ClN3O/c18-14-5-3-4-13(10-14)11-21-9-7-15(12-21)20-17(22)16-6-1-2-8-19-16/h1-10,12H,11H2,(H,20,22). The molecule has 0 fully saturated rings. The summed E-state index contributed by atoms with van der Waals surface area (Å²) in [7, 11) is 0. The number of halogens is 1. The van der Waals surface area contributed by atoms with Gasteiger partial charge in [0.15, 0.2) is 0 Å². The monoisotopic (exact) mass is 311 g/mol. The van der Waals surface area contributed by atoms with Gasteiger partial charge in [0.25, 0.3) is 5.91 Å². The maximum absolute atomic E-state index is 12.0. The van der Waals surface area contributed by atoms with E-state index in [0.717, 1.165) is 11.3 Å². The average Bonchev–Trinajstić information content (AvgIpc) is 2.95. The summed E-state index contributed by atoms with van der Waals surface area (Å²) in [6.07, 6.45) is 5.38. The molecule has 2 aromatic heterocycles. The Morgan fingerprint density at radius 2 is 2.09 bits per heavy atom. The minimum atomic E-state index is -0.221. The van der Waals surface area contributed by atoms with Crippen molar-refractivity contribution in [3.63, 3.8) is 0 Å². The Hall–Kier alpha value is -2.59. The molecule has 3 rings (SSSR count). The largest absolute Gasteiger partial charge is 0.348 e. The molecule has 0 aliphatic carbocycles. The van der Waals surface area contributed by atoms with Crippen LogP contribution < -0.4 is 5.32 Å². The predicted octanol–water partition coefficient (Wildman–Crippen LogP) is 3.84. The summed E-state index contributed by atoms with van der Waals surface area (Å²) >= 11 is 5.98. The maximum Gasteiger partial charge on any atom is 0.274 e. The predicted molar refractivity (Wildman–Crippen MR) is 87.2 cm³/mol. The number of carbonyl (C=O) groups excluding carboxylic acids is 1. The summed E-state index contributed by atoms with van der Waals surface area (Å²) in [6, 6.07) is 14.8. The van der Waals surface area contributed by atoms with Gasteiger partial charge in [-0.3, -0.25) is 9.78 Å². The number of carbonyl (C=O) groups is 1. The summed E-state index contributed by atoms with van der Waals surface area (Å²) in [4.78, 5) is 16.1. The number of pyridine rings is 1. The second-order valence-electron chi connectivity index (χ2n) is 4.87. The zero-order chi connectivity index (χ0) is 15.4. The van der Waals surface area contributed by atoms with Gasteiger partial charge in [-0.2, -0.15) is 0 Å². The SMILES string of the molecule is O=C(Nc1ccn(Cc2cccc(Cl)c2)c1)c1ccccn1. The average molecular weight is 312 g/mol. The van der Waals surface area contributed by atoms with Crippen LogP contribution in [0.15, 0.2) is 67.1 Å². The summed E-state index contributed by atoms with van der Waals surface area (Å²) in [6.45, 7) is 0.694. The van der Waals surface area contributed by atoms with Gasteiger partial charge >= 0.3 is 0 Å². The van der Waals surface area contributed by atoms with E-state index in [2.05, 4.69) is 10.3 Å². The van der Waals surface area contributed by atoms with Crippen LogP contribution in [0.5, 0.6) is 0 Å². The second kappa shape index (κ2) is 6.45. The lowest BCUT2D eigenvalue weighted by Gasteiger charge is -2.04. The molecular weight excluding hydrogens is 298 g/mol. The van der Waals surface area contributed by atoms with Gasteiger partial charge in [-0.15, -0.1) is 0 Å². The first-order valence-corrected chi connectivity index (χ1v) is 7.21. The van der Waals surface area contributed by atoms with E-state index in [1.807, 2.05) is 47.3 Å². The molecule has 0 saturated heterocycles. The Labute approximate surface area is 133 Å². The van der Waals surface area contributed by atoms with E-state index in [1.54, 1.807) is 24.4 Å². The minimum Gasteiger partial charge on any atom is -0.348 e. The molecule has 0 atom stereocenters. The molecule has 2 heterocycles. The maximum atomic E-state index is 12.0. The third kappa shape index (κ3) is 3.54. The third-order valence-corrected chi connectivity index (χ3v) is 3.40. The van der Waals surface area contributed by atoms with Gasteiger partial charge in [0, 0.05) is 30.2 Å². The van der Waals surface area contributed by atoms with E-state index >= 15 is 0 Å². The van der Waals surface area contributed by atoms with Crippen LogP contribution in [0.4, 0.5) is 5.69 Å². The lowest BCUT2D eigenvalue weighted by Crippen LogP contribution is -2.12. The molecule has 3 aromatic rings. The van der Waals surface area contributed by atoms with Gasteiger partial charge in [0.1, 0.15) is 5.69 Å². The number of benzene rings is 1. The van der Waals surface area contributed by atoms with Crippen molar-refractivity contribution in [1.82, 2.24) is 9.55 Å². The van der Waals surface area contributed by atoms with E-state index in [4.69, 9.17) is 11.6 Å². The Bertz CT molecular complexity index is 783. The zero-order valence-corrected chi connectivity index (χ0v) is 12.5. The van der Waals surface area contributed by atoms with E-state index < -0.39 is 0 Å². The Balaban J connectivity index is 1.68. The number of rotatable bonds is 4. The van der Waals surface area contributed by atoms with Gasteiger partial charge in [-0.05, 0) is 35.9 Å². The second-order valence-corrected chi connectivity index (χ2v) is 5.31. The van der Waals surface area contributed by atoms with Crippen LogP contribution in [0.1, 0.15) is 16.1 Å².